The van der Waals surface area contributed by atoms with Crippen molar-refractivity contribution in [3.8, 4) is 6.07 Å². The van der Waals surface area contributed by atoms with Gasteiger partial charge in [-0.1, -0.05) is 35.4 Å². The number of carbonyl (C=O) groups is 1. The fraction of sp³-hybridized carbons (Fsp3) is 0.333. The smallest absolute Gasteiger partial charge is 0.267 e. The van der Waals surface area contributed by atoms with E-state index in [2.05, 4.69) is 5.32 Å². The number of sulfonamides is 1. The van der Waals surface area contributed by atoms with Gasteiger partial charge in [-0.2, -0.15) is 9.57 Å². The van der Waals surface area contributed by atoms with Crippen LogP contribution in [0.15, 0.2) is 53.1 Å². The highest BCUT2D eigenvalue weighted by Crippen LogP contribution is 2.23. The molecule has 0 aliphatic carbocycles. The molecule has 168 valence electrons. The van der Waals surface area contributed by atoms with Crippen LogP contribution < -0.4 is 5.32 Å². The van der Waals surface area contributed by atoms with Crippen LogP contribution in [0.5, 0.6) is 0 Å². The number of carbonyl (C=O) groups excluding carboxylic acids is 1. The number of piperazine rings is 1. The van der Waals surface area contributed by atoms with Gasteiger partial charge in [-0.25, -0.2) is 8.42 Å². The Hall–Kier alpha value is -3.15. The first-order chi connectivity index (χ1) is 15.1. The van der Waals surface area contributed by atoms with Crippen LogP contribution >= 0.6 is 0 Å². The number of anilines is 1. The maximum atomic E-state index is 12.9. The molecule has 1 aliphatic heterocycles. The van der Waals surface area contributed by atoms with Crippen LogP contribution in [0.3, 0.4) is 0 Å². The van der Waals surface area contributed by atoms with Crippen LogP contribution in [0.1, 0.15) is 22.3 Å². The van der Waals surface area contributed by atoms with Gasteiger partial charge in [0, 0.05) is 38.1 Å². The lowest BCUT2D eigenvalue weighted by Gasteiger charge is -2.33. The first kappa shape index (κ1) is 23.5. The average molecular weight is 453 g/mol. The SMILES string of the molecule is Cc1ccc(S(=O)(=O)N2CCN(/C=C(/C#N)C(=O)Nc3c(C)cc(C)cc3C)CC2)cc1. The second-order valence-electron chi connectivity index (χ2n) is 8.14. The molecule has 1 saturated heterocycles. The topological polar surface area (TPSA) is 93.5 Å². The molecule has 0 atom stereocenters. The summed E-state index contributed by atoms with van der Waals surface area (Å²) < 4.78 is 27.2. The van der Waals surface area contributed by atoms with Crippen molar-refractivity contribution in [1.29, 1.82) is 5.26 Å². The van der Waals surface area contributed by atoms with Gasteiger partial charge in [-0.15, -0.1) is 0 Å². The molecule has 1 N–H and O–H groups in total. The van der Waals surface area contributed by atoms with Crippen molar-refractivity contribution in [2.24, 2.45) is 0 Å². The van der Waals surface area contributed by atoms with Crippen LogP contribution in [-0.4, -0.2) is 49.7 Å². The van der Waals surface area contributed by atoms with Crippen LogP contribution in [-0.2, 0) is 14.8 Å². The Morgan fingerprint density at radius 1 is 0.969 bits per heavy atom. The zero-order valence-electron chi connectivity index (χ0n) is 18.8. The molecule has 3 rings (SSSR count). The predicted molar refractivity (Wildman–Crippen MR) is 124 cm³/mol. The maximum absolute atomic E-state index is 12.9. The summed E-state index contributed by atoms with van der Waals surface area (Å²) >= 11 is 0. The molecule has 0 aromatic heterocycles. The Balaban J connectivity index is 1.68. The molecule has 32 heavy (non-hydrogen) atoms. The first-order valence-electron chi connectivity index (χ1n) is 10.4. The van der Waals surface area contributed by atoms with Crippen LogP contribution in [0.4, 0.5) is 5.69 Å². The Kier molecular flexibility index (Phi) is 7.02. The lowest BCUT2D eigenvalue weighted by molar-refractivity contribution is -0.112. The molecule has 8 heteroatoms. The van der Waals surface area contributed by atoms with Gasteiger partial charge in [-0.05, 0) is 51.0 Å². The van der Waals surface area contributed by atoms with Crippen molar-refractivity contribution >= 4 is 21.6 Å². The van der Waals surface area contributed by atoms with Crippen molar-refractivity contribution in [2.75, 3.05) is 31.5 Å². The van der Waals surface area contributed by atoms with E-state index in [1.807, 2.05) is 50.8 Å². The number of nitriles is 1. The number of rotatable bonds is 5. The molecule has 0 saturated carbocycles. The van der Waals surface area contributed by atoms with E-state index in [-0.39, 0.29) is 23.6 Å². The summed E-state index contributed by atoms with van der Waals surface area (Å²) in [6, 6.07) is 12.7. The zero-order valence-corrected chi connectivity index (χ0v) is 19.7. The molecule has 1 aliphatic rings. The molecule has 2 aromatic carbocycles. The van der Waals surface area contributed by atoms with E-state index in [9.17, 15) is 18.5 Å². The van der Waals surface area contributed by atoms with Gasteiger partial charge < -0.3 is 10.2 Å². The number of hydrogen-bond donors (Lipinski definition) is 1. The fourth-order valence-electron chi connectivity index (χ4n) is 3.81. The van der Waals surface area contributed by atoms with E-state index in [0.29, 0.717) is 18.8 Å². The van der Waals surface area contributed by atoms with Gasteiger partial charge in [0.05, 0.1) is 4.90 Å². The molecule has 2 aromatic rings. The monoisotopic (exact) mass is 452 g/mol. The van der Waals surface area contributed by atoms with Crippen molar-refractivity contribution in [2.45, 2.75) is 32.6 Å². The largest absolute Gasteiger partial charge is 0.373 e. The molecule has 1 heterocycles. The van der Waals surface area contributed by atoms with Gasteiger partial charge in [0.25, 0.3) is 5.91 Å². The lowest BCUT2D eigenvalue weighted by Crippen LogP contribution is -2.46. The minimum Gasteiger partial charge on any atom is -0.373 e. The molecule has 0 unspecified atom stereocenters. The quantitative estimate of drug-likeness (QED) is 0.555. The molecule has 0 radical (unpaired) electrons. The van der Waals surface area contributed by atoms with Crippen LogP contribution in [0.25, 0.3) is 0 Å². The number of aryl methyl sites for hydroxylation is 4. The molecule has 1 amide bonds. The normalized spacial score (nSPS) is 15.3. The summed E-state index contributed by atoms with van der Waals surface area (Å²) in [5.74, 6) is -0.475. The van der Waals surface area contributed by atoms with Gasteiger partial charge in [0.15, 0.2) is 0 Å². The van der Waals surface area contributed by atoms with Gasteiger partial charge >= 0.3 is 0 Å². The van der Waals surface area contributed by atoms with Crippen molar-refractivity contribution in [3.63, 3.8) is 0 Å². The second kappa shape index (κ2) is 9.55. The fourth-order valence-corrected chi connectivity index (χ4v) is 5.23. The molecule has 1 fully saturated rings. The first-order valence-corrected chi connectivity index (χ1v) is 11.9. The number of hydrogen-bond acceptors (Lipinski definition) is 5. The Labute approximate surface area is 190 Å². The Bertz CT molecular complexity index is 1160. The van der Waals surface area contributed by atoms with Gasteiger partial charge in [-0.3, -0.25) is 4.79 Å². The van der Waals surface area contributed by atoms with Crippen molar-refractivity contribution < 1.29 is 13.2 Å². The standard InChI is InChI=1S/C24H28N4O3S/c1-17-5-7-22(8-6-17)32(30,31)28-11-9-27(10-12-28)16-21(15-25)24(29)26-23-19(3)13-18(2)14-20(23)4/h5-8,13-14,16H,9-12H2,1-4H3,(H,26,29)/b21-16-. The van der Waals surface area contributed by atoms with E-state index in [0.717, 1.165) is 22.3 Å². The lowest BCUT2D eigenvalue weighted by atomic mass is 10.0. The summed E-state index contributed by atoms with van der Waals surface area (Å²) in [5, 5.41) is 12.4. The van der Waals surface area contributed by atoms with Crippen LogP contribution in [0, 0.1) is 39.0 Å². The number of benzene rings is 2. The third-order valence-corrected chi connectivity index (χ3v) is 7.44. The molecular weight excluding hydrogens is 424 g/mol. The third kappa shape index (κ3) is 5.18. The molecule has 0 spiro atoms. The van der Waals surface area contributed by atoms with Gasteiger partial charge in [0.2, 0.25) is 10.0 Å². The van der Waals surface area contributed by atoms with Crippen LogP contribution in [0.2, 0.25) is 0 Å². The molecular formula is C24H28N4O3S. The molecule has 7 nitrogen and oxygen atoms in total. The highest BCUT2D eigenvalue weighted by molar-refractivity contribution is 7.89. The average Bonchev–Trinajstić information content (AvgIpc) is 2.75. The van der Waals surface area contributed by atoms with E-state index >= 15 is 0 Å². The highest BCUT2D eigenvalue weighted by atomic mass is 32.2. The van der Waals surface area contributed by atoms with E-state index in [1.165, 1.54) is 10.5 Å². The minimum atomic E-state index is -3.56. The Morgan fingerprint density at radius 3 is 2.06 bits per heavy atom. The predicted octanol–water partition coefficient (Wildman–Crippen LogP) is 3.27. The van der Waals surface area contributed by atoms with E-state index < -0.39 is 15.9 Å². The maximum Gasteiger partial charge on any atom is 0.267 e. The summed E-state index contributed by atoms with van der Waals surface area (Å²) in [6.45, 7) is 9.08. The third-order valence-electron chi connectivity index (χ3n) is 5.52. The number of nitrogens with one attached hydrogen (secondary N) is 1. The Morgan fingerprint density at radius 2 is 1.53 bits per heavy atom. The van der Waals surface area contributed by atoms with E-state index in [4.69, 9.17) is 0 Å². The highest BCUT2D eigenvalue weighted by Gasteiger charge is 2.28. The van der Waals surface area contributed by atoms with Crippen molar-refractivity contribution in [1.82, 2.24) is 9.21 Å². The minimum absolute atomic E-state index is 0.0146. The van der Waals surface area contributed by atoms with Gasteiger partial charge in [0.1, 0.15) is 11.6 Å². The zero-order chi connectivity index (χ0) is 23.5. The summed E-state index contributed by atoms with van der Waals surface area (Å²) in [7, 11) is -3.56. The number of nitrogens with zero attached hydrogens (tertiary/aromatic N) is 3. The molecule has 0 bridgehead atoms. The summed E-state index contributed by atoms with van der Waals surface area (Å²) in [5.41, 5.74) is 4.66. The number of amides is 1. The van der Waals surface area contributed by atoms with E-state index in [1.54, 1.807) is 24.3 Å². The van der Waals surface area contributed by atoms with Crippen molar-refractivity contribution in [3.05, 3.63) is 70.4 Å². The second-order valence-corrected chi connectivity index (χ2v) is 10.1. The summed E-state index contributed by atoms with van der Waals surface area (Å²) in [4.78, 5) is 14.8. The summed E-state index contributed by atoms with van der Waals surface area (Å²) in [6.07, 6.45) is 1.52.